The third-order valence-electron chi connectivity index (χ3n) is 7.06. The summed E-state index contributed by atoms with van der Waals surface area (Å²) in [5.41, 5.74) is 1.98. The highest BCUT2D eigenvalue weighted by Gasteiger charge is 2.32. The minimum Gasteiger partial charge on any atom is -0.341 e. The first-order valence-corrected chi connectivity index (χ1v) is 13.7. The number of piperidine rings is 1. The number of hydrogen-bond acceptors (Lipinski definition) is 5. The van der Waals surface area contributed by atoms with Gasteiger partial charge in [-0.3, -0.25) is 9.59 Å². The molecule has 0 saturated carbocycles. The maximum Gasteiger partial charge on any atom is 0.255 e. The largest absolute Gasteiger partial charge is 0.341 e. The summed E-state index contributed by atoms with van der Waals surface area (Å²) in [6, 6.07) is 17.3. The van der Waals surface area contributed by atoms with Crippen molar-refractivity contribution in [3.05, 3.63) is 71.8 Å². The third-order valence-corrected chi connectivity index (χ3v) is 8.64. The molecule has 0 unspecified atom stereocenters. The highest BCUT2D eigenvalue weighted by Crippen LogP contribution is 2.30. The maximum atomic E-state index is 13.4. The molecule has 9 heteroatoms. The van der Waals surface area contributed by atoms with E-state index in [-0.39, 0.29) is 28.8 Å². The smallest absolute Gasteiger partial charge is 0.255 e. The molecule has 3 aromatic carbocycles. The van der Waals surface area contributed by atoms with Gasteiger partial charge in [0.25, 0.3) is 5.91 Å². The van der Waals surface area contributed by atoms with E-state index in [9.17, 15) is 18.0 Å². The summed E-state index contributed by atoms with van der Waals surface area (Å²) in [6.45, 7) is 3.82. The van der Waals surface area contributed by atoms with Crippen molar-refractivity contribution in [2.45, 2.75) is 43.2 Å². The van der Waals surface area contributed by atoms with E-state index >= 15 is 0 Å². The van der Waals surface area contributed by atoms with Crippen LogP contribution in [0.2, 0.25) is 0 Å². The summed E-state index contributed by atoms with van der Waals surface area (Å²) in [5.74, 6) is -0.137. The lowest BCUT2D eigenvalue weighted by atomic mass is 10.0. The molecule has 0 spiro atoms. The highest BCUT2D eigenvalue weighted by atomic mass is 32.2. The van der Waals surface area contributed by atoms with Gasteiger partial charge in [0, 0.05) is 41.2 Å². The Kier molecular flexibility index (Phi) is 6.79. The number of hydrogen-bond donors (Lipinski definition) is 3. The molecule has 0 aromatic heterocycles. The zero-order chi connectivity index (χ0) is 25.3. The second-order valence-corrected chi connectivity index (χ2v) is 11.1. The maximum absolute atomic E-state index is 13.4. The monoisotopic (exact) mass is 506 g/mol. The molecule has 3 N–H and O–H groups in total. The van der Waals surface area contributed by atoms with Gasteiger partial charge in [0.1, 0.15) is 0 Å². The molecule has 36 heavy (non-hydrogen) atoms. The fourth-order valence-corrected chi connectivity index (χ4v) is 6.37. The van der Waals surface area contributed by atoms with Crippen LogP contribution in [0.15, 0.2) is 65.6 Å². The third kappa shape index (κ3) is 4.86. The number of fused-ring (bicyclic) bond motifs is 1. The van der Waals surface area contributed by atoms with Crippen LogP contribution in [0.25, 0.3) is 10.8 Å². The molecule has 2 heterocycles. The Bertz CT molecular complexity index is 1410. The Morgan fingerprint density at radius 2 is 1.58 bits per heavy atom. The van der Waals surface area contributed by atoms with Gasteiger partial charge in [-0.2, -0.15) is 0 Å². The van der Waals surface area contributed by atoms with Crippen molar-refractivity contribution < 1.29 is 18.0 Å². The number of nitrogens with zero attached hydrogens (tertiary/aromatic N) is 1. The zero-order valence-electron chi connectivity index (χ0n) is 20.2. The van der Waals surface area contributed by atoms with Gasteiger partial charge in [-0.05, 0) is 56.5 Å². The number of aryl methyl sites for hydroxylation is 1. The minimum absolute atomic E-state index is 0.0885. The SMILES string of the molecule is Cc1ccccc1C(=O)Nc1ccc(S(=O)(=O)NC2CCN(C(=O)[C@@H]3CCN3)CC2)c2ccccc12. The standard InChI is InChI=1S/C27H30N4O4S/c1-18-6-2-3-7-20(18)26(32)29-23-10-11-25(22-9-5-4-8-21(22)23)36(34,35)30-19-13-16-31(17-14-19)27(33)24-12-15-28-24/h2-11,19,24,28,30H,12-17H2,1H3,(H,29,32)/t24-/m0/s1. The molecule has 0 bridgehead atoms. The summed E-state index contributed by atoms with van der Waals surface area (Å²) < 4.78 is 29.7. The number of likely N-dealkylation sites (tertiary alicyclic amines) is 1. The van der Waals surface area contributed by atoms with Crippen molar-refractivity contribution in [2.24, 2.45) is 0 Å². The molecule has 3 aromatic rings. The Hall–Kier alpha value is -3.27. The topological polar surface area (TPSA) is 108 Å². The molecule has 2 fully saturated rings. The second kappa shape index (κ2) is 10.0. The summed E-state index contributed by atoms with van der Waals surface area (Å²) in [6.07, 6.45) is 2.00. The van der Waals surface area contributed by atoms with Crippen LogP contribution < -0.4 is 15.4 Å². The lowest BCUT2D eigenvalue weighted by Crippen LogP contribution is -2.57. The van der Waals surface area contributed by atoms with E-state index in [1.54, 1.807) is 36.4 Å². The zero-order valence-corrected chi connectivity index (χ0v) is 21.0. The van der Waals surface area contributed by atoms with Gasteiger partial charge in [-0.15, -0.1) is 0 Å². The van der Waals surface area contributed by atoms with E-state index < -0.39 is 10.0 Å². The average molecular weight is 507 g/mol. The van der Waals surface area contributed by atoms with Crippen molar-refractivity contribution >= 4 is 38.3 Å². The molecule has 8 nitrogen and oxygen atoms in total. The predicted octanol–water partition coefficient (Wildman–Crippen LogP) is 3.03. The normalized spacial score (nSPS) is 18.6. The first-order valence-electron chi connectivity index (χ1n) is 12.3. The number of sulfonamides is 1. The van der Waals surface area contributed by atoms with Gasteiger partial charge in [0.05, 0.1) is 10.9 Å². The predicted molar refractivity (Wildman–Crippen MR) is 139 cm³/mol. The fourth-order valence-electron chi connectivity index (χ4n) is 4.85. The van der Waals surface area contributed by atoms with Gasteiger partial charge in [-0.25, -0.2) is 13.1 Å². The van der Waals surface area contributed by atoms with Crippen molar-refractivity contribution in [3.8, 4) is 0 Å². The van der Waals surface area contributed by atoms with Gasteiger partial charge in [0.15, 0.2) is 0 Å². The number of carbonyl (C=O) groups excluding carboxylic acids is 2. The molecule has 0 aliphatic carbocycles. The molecular weight excluding hydrogens is 476 g/mol. The van der Waals surface area contributed by atoms with Crippen LogP contribution >= 0.6 is 0 Å². The van der Waals surface area contributed by atoms with Crippen molar-refractivity contribution in [2.75, 3.05) is 25.0 Å². The van der Waals surface area contributed by atoms with Gasteiger partial charge < -0.3 is 15.5 Å². The summed E-state index contributed by atoms with van der Waals surface area (Å²) in [4.78, 5) is 27.3. The highest BCUT2D eigenvalue weighted by molar-refractivity contribution is 7.89. The van der Waals surface area contributed by atoms with E-state index in [0.29, 0.717) is 48.0 Å². The van der Waals surface area contributed by atoms with Gasteiger partial charge >= 0.3 is 0 Å². The molecule has 2 aliphatic heterocycles. The summed E-state index contributed by atoms with van der Waals surface area (Å²) in [5, 5.41) is 7.26. The quantitative estimate of drug-likeness (QED) is 0.476. The number of carbonyl (C=O) groups is 2. The fraction of sp³-hybridized carbons (Fsp3) is 0.333. The van der Waals surface area contributed by atoms with E-state index in [1.807, 2.05) is 36.1 Å². The van der Waals surface area contributed by atoms with Crippen LogP contribution in [0.4, 0.5) is 5.69 Å². The number of benzene rings is 3. The molecule has 1 atom stereocenters. The number of nitrogens with one attached hydrogen (secondary N) is 3. The molecule has 2 amide bonds. The van der Waals surface area contributed by atoms with Crippen LogP contribution in [0.5, 0.6) is 0 Å². The van der Waals surface area contributed by atoms with Crippen molar-refractivity contribution in [1.82, 2.24) is 14.9 Å². The Morgan fingerprint density at radius 3 is 2.25 bits per heavy atom. The van der Waals surface area contributed by atoms with Crippen molar-refractivity contribution in [1.29, 1.82) is 0 Å². The van der Waals surface area contributed by atoms with Crippen molar-refractivity contribution in [3.63, 3.8) is 0 Å². The lowest BCUT2D eigenvalue weighted by Gasteiger charge is -2.37. The Labute approximate surface area is 211 Å². The van der Waals surface area contributed by atoms with Crippen LogP contribution in [-0.4, -0.2) is 56.9 Å². The number of rotatable bonds is 6. The summed E-state index contributed by atoms with van der Waals surface area (Å²) >= 11 is 0. The van der Waals surface area contributed by atoms with E-state index in [1.165, 1.54) is 0 Å². The first-order chi connectivity index (χ1) is 17.3. The Morgan fingerprint density at radius 1 is 0.917 bits per heavy atom. The molecule has 188 valence electrons. The minimum atomic E-state index is -3.82. The molecule has 5 rings (SSSR count). The second-order valence-electron chi connectivity index (χ2n) is 9.44. The summed E-state index contributed by atoms with van der Waals surface area (Å²) in [7, 11) is -3.82. The Balaban J connectivity index is 1.33. The van der Waals surface area contributed by atoms with E-state index in [2.05, 4.69) is 15.4 Å². The molecule has 2 saturated heterocycles. The molecule has 2 aliphatic rings. The average Bonchev–Trinajstić information content (AvgIpc) is 2.83. The van der Waals surface area contributed by atoms with Crippen LogP contribution in [0, 0.1) is 6.92 Å². The first kappa shape index (κ1) is 24.4. The van der Waals surface area contributed by atoms with Crippen LogP contribution in [0.3, 0.4) is 0 Å². The molecule has 0 radical (unpaired) electrons. The van der Waals surface area contributed by atoms with Crippen LogP contribution in [0.1, 0.15) is 35.2 Å². The number of amides is 2. The molecular formula is C27H30N4O4S. The van der Waals surface area contributed by atoms with Gasteiger partial charge in [0.2, 0.25) is 15.9 Å². The number of anilines is 1. The van der Waals surface area contributed by atoms with E-state index in [4.69, 9.17) is 0 Å². The van der Waals surface area contributed by atoms with Crippen LogP contribution in [-0.2, 0) is 14.8 Å². The van der Waals surface area contributed by atoms with Gasteiger partial charge in [-0.1, -0.05) is 42.5 Å². The van der Waals surface area contributed by atoms with E-state index in [0.717, 1.165) is 18.5 Å². The lowest BCUT2D eigenvalue weighted by molar-refractivity contribution is -0.136.